The SMILES string of the molecule is CCNC(=O)c1sc2c(c1C)c(=O)n(C(C)(C)C(N)=O)c(=O)n2C[C@H](OC1CCC(O)CC1)c1ccccc1OC. The molecule has 12 heteroatoms. The second-order valence-corrected chi connectivity index (χ2v) is 11.8. The number of nitrogens with one attached hydrogen (secondary N) is 1. The molecule has 222 valence electrons. The number of amides is 2. The van der Waals surface area contributed by atoms with Crippen molar-refractivity contribution in [3.8, 4) is 5.75 Å². The fraction of sp³-hybridized carbons (Fsp3) is 0.517. The quantitative estimate of drug-likeness (QED) is 0.330. The summed E-state index contributed by atoms with van der Waals surface area (Å²) in [5, 5.41) is 12.9. The molecule has 1 atom stereocenters. The fourth-order valence-electron chi connectivity index (χ4n) is 5.29. The van der Waals surface area contributed by atoms with Gasteiger partial charge in [-0.05, 0) is 65.0 Å². The Labute approximate surface area is 241 Å². The van der Waals surface area contributed by atoms with Gasteiger partial charge in [0.05, 0.1) is 36.1 Å². The fourth-order valence-corrected chi connectivity index (χ4v) is 6.51. The lowest BCUT2D eigenvalue weighted by atomic mass is 9.94. The number of aryl methyl sites for hydroxylation is 1. The maximum absolute atomic E-state index is 14.1. The summed E-state index contributed by atoms with van der Waals surface area (Å²) in [6.07, 6.45) is 1.25. The van der Waals surface area contributed by atoms with Crippen LogP contribution in [0.25, 0.3) is 10.2 Å². The highest BCUT2D eigenvalue weighted by Gasteiger charge is 2.35. The number of aliphatic hydroxyl groups excluding tert-OH is 1. The van der Waals surface area contributed by atoms with Gasteiger partial charge in [0.2, 0.25) is 5.91 Å². The number of thiophene rings is 1. The number of nitrogens with zero attached hydrogens (tertiary/aromatic N) is 2. The van der Waals surface area contributed by atoms with Gasteiger partial charge < -0.3 is 25.6 Å². The van der Waals surface area contributed by atoms with Crippen LogP contribution < -0.4 is 27.0 Å². The topological polar surface area (TPSA) is 155 Å². The highest BCUT2D eigenvalue weighted by molar-refractivity contribution is 7.20. The first-order chi connectivity index (χ1) is 19.4. The molecule has 2 amide bonds. The molecule has 0 spiro atoms. The molecule has 2 heterocycles. The number of hydrogen-bond acceptors (Lipinski definition) is 8. The first-order valence-electron chi connectivity index (χ1n) is 13.8. The minimum absolute atomic E-state index is 0.0291. The lowest BCUT2D eigenvalue weighted by Crippen LogP contribution is -2.54. The van der Waals surface area contributed by atoms with Crippen molar-refractivity contribution in [2.24, 2.45) is 5.73 Å². The molecule has 0 aliphatic heterocycles. The van der Waals surface area contributed by atoms with Crippen LogP contribution in [0, 0.1) is 6.92 Å². The summed E-state index contributed by atoms with van der Waals surface area (Å²) < 4.78 is 14.5. The van der Waals surface area contributed by atoms with Crippen molar-refractivity contribution in [2.45, 2.75) is 83.8 Å². The molecule has 2 aromatic heterocycles. The van der Waals surface area contributed by atoms with Crippen LogP contribution in [-0.2, 0) is 21.6 Å². The van der Waals surface area contributed by atoms with E-state index in [-0.39, 0.29) is 30.0 Å². The monoisotopic (exact) mass is 586 g/mol. The van der Waals surface area contributed by atoms with Crippen molar-refractivity contribution in [1.82, 2.24) is 14.5 Å². The first-order valence-corrected chi connectivity index (χ1v) is 14.6. The number of carbonyl (C=O) groups is 2. The number of para-hydroxylation sites is 1. The molecule has 4 N–H and O–H groups in total. The Morgan fingerprint density at radius 2 is 1.85 bits per heavy atom. The van der Waals surface area contributed by atoms with Gasteiger partial charge in [0.1, 0.15) is 22.2 Å². The van der Waals surface area contributed by atoms with Crippen LogP contribution in [-0.4, -0.2) is 51.9 Å². The Balaban J connectivity index is 1.97. The minimum Gasteiger partial charge on any atom is -0.496 e. The second-order valence-electron chi connectivity index (χ2n) is 10.9. The number of carbonyl (C=O) groups excluding carboxylic acids is 2. The Morgan fingerprint density at radius 1 is 1.20 bits per heavy atom. The highest BCUT2D eigenvalue weighted by Crippen LogP contribution is 2.35. The molecule has 1 aromatic carbocycles. The molecule has 11 nitrogen and oxygen atoms in total. The standard InChI is InChI=1S/C29H38N4O7S/c1-6-31-24(35)23-16(2)22-25(36)33(29(3,4)27(30)37)28(38)32(26(22)41-23)15-21(19-9-7-8-10-20(19)39-5)40-18-13-11-17(34)12-14-18/h7-10,17-18,21,34H,6,11-15H2,1-5H3,(H2,30,37)(H,31,35)/t17?,18?,21-/m0/s1. The number of aliphatic hydroxyl groups is 1. The van der Waals surface area contributed by atoms with Gasteiger partial charge in [-0.25, -0.2) is 9.36 Å². The van der Waals surface area contributed by atoms with E-state index in [4.69, 9.17) is 15.2 Å². The van der Waals surface area contributed by atoms with Crippen LogP contribution in [0.5, 0.6) is 5.75 Å². The molecule has 1 fully saturated rings. The second kappa shape index (κ2) is 12.2. The van der Waals surface area contributed by atoms with E-state index in [1.807, 2.05) is 18.2 Å². The normalized spacial score (nSPS) is 18.3. The molecule has 0 bridgehead atoms. The van der Waals surface area contributed by atoms with Crippen LogP contribution in [0.3, 0.4) is 0 Å². The highest BCUT2D eigenvalue weighted by atomic mass is 32.1. The molecule has 1 aliphatic rings. The van der Waals surface area contributed by atoms with Crippen molar-refractivity contribution in [3.63, 3.8) is 0 Å². The van der Waals surface area contributed by atoms with Gasteiger partial charge in [-0.2, -0.15) is 0 Å². The molecule has 0 radical (unpaired) electrons. The van der Waals surface area contributed by atoms with Crippen molar-refractivity contribution in [2.75, 3.05) is 13.7 Å². The molecular formula is C29H38N4O7S. The van der Waals surface area contributed by atoms with E-state index in [0.717, 1.165) is 15.9 Å². The largest absolute Gasteiger partial charge is 0.496 e. The number of fused-ring (bicyclic) bond motifs is 1. The Hall–Kier alpha value is -3.48. The number of nitrogens with two attached hydrogens (primary N) is 1. The molecular weight excluding hydrogens is 548 g/mol. The van der Waals surface area contributed by atoms with Crippen LogP contribution in [0.4, 0.5) is 0 Å². The number of methoxy groups -OCH3 is 1. The predicted molar refractivity (Wildman–Crippen MR) is 157 cm³/mol. The van der Waals surface area contributed by atoms with Gasteiger partial charge in [-0.1, -0.05) is 18.2 Å². The van der Waals surface area contributed by atoms with Gasteiger partial charge in [-0.15, -0.1) is 11.3 Å². The number of rotatable bonds is 10. The van der Waals surface area contributed by atoms with Gasteiger partial charge in [0.25, 0.3) is 11.5 Å². The zero-order valence-electron chi connectivity index (χ0n) is 24.1. The third-order valence-electron chi connectivity index (χ3n) is 7.75. The van der Waals surface area contributed by atoms with E-state index in [1.165, 1.54) is 18.4 Å². The summed E-state index contributed by atoms with van der Waals surface area (Å²) in [6, 6.07) is 7.33. The van der Waals surface area contributed by atoms with Crippen molar-refractivity contribution in [1.29, 1.82) is 0 Å². The lowest BCUT2D eigenvalue weighted by molar-refractivity contribution is -0.125. The van der Waals surface area contributed by atoms with E-state index < -0.39 is 28.8 Å². The summed E-state index contributed by atoms with van der Waals surface area (Å²) in [5.74, 6) is -0.643. The third kappa shape index (κ3) is 5.81. The van der Waals surface area contributed by atoms with Crippen molar-refractivity contribution >= 4 is 33.4 Å². The van der Waals surface area contributed by atoms with Crippen molar-refractivity contribution < 1.29 is 24.2 Å². The summed E-state index contributed by atoms with van der Waals surface area (Å²) in [6.45, 7) is 6.64. The molecule has 0 unspecified atom stereocenters. The molecule has 4 rings (SSSR count). The maximum Gasteiger partial charge on any atom is 0.333 e. The first kappa shape index (κ1) is 30.5. The van der Waals surface area contributed by atoms with Crippen LogP contribution in [0.1, 0.15) is 73.4 Å². The molecule has 41 heavy (non-hydrogen) atoms. The maximum atomic E-state index is 14.1. The average molecular weight is 587 g/mol. The van der Waals surface area contributed by atoms with Gasteiger partial charge in [0, 0.05) is 12.1 Å². The summed E-state index contributed by atoms with van der Waals surface area (Å²) in [7, 11) is 1.55. The van der Waals surface area contributed by atoms with E-state index in [1.54, 1.807) is 27.0 Å². The van der Waals surface area contributed by atoms with E-state index in [2.05, 4.69) is 5.32 Å². The van der Waals surface area contributed by atoms with Gasteiger partial charge >= 0.3 is 5.69 Å². The minimum atomic E-state index is -1.65. The Bertz CT molecular complexity index is 1560. The molecule has 1 aliphatic carbocycles. The smallest absolute Gasteiger partial charge is 0.333 e. The lowest BCUT2D eigenvalue weighted by Gasteiger charge is -2.31. The van der Waals surface area contributed by atoms with E-state index in [9.17, 15) is 24.3 Å². The molecule has 1 saturated carbocycles. The van der Waals surface area contributed by atoms with Crippen LogP contribution >= 0.6 is 11.3 Å². The zero-order valence-corrected chi connectivity index (χ0v) is 24.9. The number of primary amides is 1. The number of benzene rings is 1. The average Bonchev–Trinajstić information content (AvgIpc) is 3.28. The van der Waals surface area contributed by atoms with E-state index in [0.29, 0.717) is 58.8 Å². The summed E-state index contributed by atoms with van der Waals surface area (Å²) >= 11 is 1.05. The number of aromatic nitrogens is 2. The zero-order chi connectivity index (χ0) is 30.1. The van der Waals surface area contributed by atoms with Gasteiger partial charge in [0.15, 0.2) is 0 Å². The number of hydrogen-bond donors (Lipinski definition) is 3. The van der Waals surface area contributed by atoms with Crippen LogP contribution in [0.15, 0.2) is 33.9 Å². The summed E-state index contributed by atoms with van der Waals surface area (Å²) in [4.78, 5) is 53.9. The summed E-state index contributed by atoms with van der Waals surface area (Å²) in [5.41, 5.74) is 3.70. The van der Waals surface area contributed by atoms with Gasteiger partial charge in [-0.3, -0.25) is 19.0 Å². The van der Waals surface area contributed by atoms with Crippen molar-refractivity contribution in [3.05, 3.63) is 61.1 Å². The van der Waals surface area contributed by atoms with E-state index >= 15 is 0 Å². The number of ether oxygens (including phenoxy) is 2. The third-order valence-corrected chi connectivity index (χ3v) is 9.07. The van der Waals surface area contributed by atoms with Crippen LogP contribution in [0.2, 0.25) is 0 Å². The Morgan fingerprint density at radius 3 is 2.46 bits per heavy atom. The Kier molecular flexibility index (Phi) is 9.05. The molecule has 0 saturated heterocycles. The predicted octanol–water partition coefficient (Wildman–Crippen LogP) is 2.57. The molecule has 3 aromatic rings.